The van der Waals surface area contributed by atoms with Gasteiger partial charge in [-0.25, -0.2) is 0 Å². The third-order valence-electron chi connectivity index (χ3n) is 6.55. The van der Waals surface area contributed by atoms with E-state index < -0.39 is 6.23 Å². The van der Waals surface area contributed by atoms with E-state index in [4.69, 9.17) is 16.3 Å². The molecule has 0 saturated carbocycles. The fraction of sp³-hybridized carbons (Fsp3) is 0.241. The lowest BCUT2D eigenvalue weighted by Crippen LogP contribution is -2.51. The molecule has 5 heteroatoms. The number of fused-ring (bicyclic) bond motifs is 1. The fourth-order valence-corrected chi connectivity index (χ4v) is 4.82. The Labute approximate surface area is 206 Å². The molecule has 0 aliphatic carbocycles. The minimum absolute atomic E-state index is 0.240. The van der Waals surface area contributed by atoms with Crippen molar-refractivity contribution in [2.24, 2.45) is 0 Å². The van der Waals surface area contributed by atoms with Crippen LogP contribution in [0.1, 0.15) is 17.2 Å². The SMILES string of the molecule is OC(COC(c1ccccc1)c1cccc2ccccc12)N1CCN(c2ccc(Cl)cc2)CC1. The highest BCUT2D eigenvalue weighted by Crippen LogP contribution is 2.32. The zero-order valence-electron chi connectivity index (χ0n) is 19.1. The lowest BCUT2D eigenvalue weighted by Gasteiger charge is -2.38. The first-order valence-electron chi connectivity index (χ1n) is 11.8. The first kappa shape index (κ1) is 22.9. The van der Waals surface area contributed by atoms with Crippen molar-refractivity contribution in [2.75, 3.05) is 37.7 Å². The van der Waals surface area contributed by atoms with E-state index >= 15 is 0 Å². The molecule has 5 rings (SSSR count). The van der Waals surface area contributed by atoms with Gasteiger partial charge in [-0.2, -0.15) is 0 Å². The Hall–Kier alpha value is -2.89. The van der Waals surface area contributed by atoms with E-state index in [-0.39, 0.29) is 12.7 Å². The van der Waals surface area contributed by atoms with Crippen molar-refractivity contribution in [1.82, 2.24) is 4.90 Å². The highest BCUT2D eigenvalue weighted by molar-refractivity contribution is 6.30. The zero-order chi connectivity index (χ0) is 23.3. The van der Waals surface area contributed by atoms with Crippen LogP contribution in [0, 0.1) is 0 Å². The van der Waals surface area contributed by atoms with Gasteiger partial charge in [0.2, 0.25) is 0 Å². The van der Waals surface area contributed by atoms with Crippen LogP contribution in [0.5, 0.6) is 0 Å². The first-order chi connectivity index (χ1) is 16.7. The van der Waals surface area contributed by atoms with E-state index in [1.54, 1.807) is 0 Å². The van der Waals surface area contributed by atoms with Crippen molar-refractivity contribution in [1.29, 1.82) is 0 Å². The summed E-state index contributed by atoms with van der Waals surface area (Å²) in [6.45, 7) is 3.49. The molecular weight excluding hydrogens is 444 g/mol. The standard InChI is InChI=1S/C29H29ClN2O2/c30-24-13-15-25(16-14-24)31-17-19-32(20-18-31)28(33)21-34-29(23-8-2-1-3-9-23)27-12-6-10-22-7-4-5-11-26(22)27/h1-16,28-29,33H,17-21H2. The average molecular weight is 473 g/mol. The van der Waals surface area contributed by atoms with Gasteiger partial charge in [0.1, 0.15) is 12.3 Å². The molecule has 174 valence electrons. The van der Waals surface area contributed by atoms with Gasteiger partial charge in [0.05, 0.1) is 6.61 Å². The van der Waals surface area contributed by atoms with Crippen LogP contribution in [0.25, 0.3) is 10.8 Å². The molecule has 2 atom stereocenters. The van der Waals surface area contributed by atoms with E-state index in [9.17, 15) is 5.11 Å². The number of hydrogen-bond donors (Lipinski definition) is 1. The van der Waals surface area contributed by atoms with Gasteiger partial charge in [0.25, 0.3) is 0 Å². The number of nitrogens with zero attached hydrogens (tertiary/aromatic N) is 2. The fourth-order valence-electron chi connectivity index (χ4n) is 4.69. The molecular formula is C29H29ClN2O2. The minimum Gasteiger partial charge on any atom is -0.376 e. The third-order valence-corrected chi connectivity index (χ3v) is 6.80. The van der Waals surface area contributed by atoms with E-state index in [0.717, 1.165) is 48.0 Å². The molecule has 34 heavy (non-hydrogen) atoms. The predicted molar refractivity (Wildman–Crippen MR) is 139 cm³/mol. The number of halogens is 1. The quantitative estimate of drug-likeness (QED) is 0.372. The van der Waals surface area contributed by atoms with E-state index in [0.29, 0.717) is 0 Å². The summed E-state index contributed by atoms with van der Waals surface area (Å²) in [7, 11) is 0. The molecule has 0 radical (unpaired) electrons. The molecule has 0 bridgehead atoms. The summed E-state index contributed by atoms with van der Waals surface area (Å²) in [5, 5.41) is 14.1. The molecule has 4 aromatic rings. The van der Waals surface area contributed by atoms with Gasteiger partial charge in [0, 0.05) is 36.9 Å². The van der Waals surface area contributed by atoms with E-state index in [1.807, 2.05) is 42.5 Å². The molecule has 1 fully saturated rings. The molecule has 4 nitrogen and oxygen atoms in total. The Morgan fingerprint density at radius 2 is 1.44 bits per heavy atom. The minimum atomic E-state index is -0.659. The molecule has 1 heterocycles. The Morgan fingerprint density at radius 3 is 2.21 bits per heavy atom. The molecule has 2 unspecified atom stereocenters. The maximum atomic E-state index is 11.0. The topological polar surface area (TPSA) is 35.9 Å². The van der Waals surface area contributed by atoms with Gasteiger partial charge in [-0.15, -0.1) is 0 Å². The van der Waals surface area contributed by atoms with Gasteiger partial charge >= 0.3 is 0 Å². The highest BCUT2D eigenvalue weighted by Gasteiger charge is 2.25. The van der Waals surface area contributed by atoms with Gasteiger partial charge in [-0.3, -0.25) is 4.90 Å². The number of ether oxygens (including phenoxy) is 1. The number of benzene rings is 4. The van der Waals surface area contributed by atoms with Crippen LogP contribution in [0.2, 0.25) is 5.02 Å². The van der Waals surface area contributed by atoms with Crippen molar-refractivity contribution in [3.05, 3.63) is 113 Å². The van der Waals surface area contributed by atoms with Crippen molar-refractivity contribution < 1.29 is 9.84 Å². The molecule has 1 N–H and O–H groups in total. The van der Waals surface area contributed by atoms with E-state index in [1.165, 1.54) is 10.8 Å². The van der Waals surface area contributed by atoms with Crippen LogP contribution in [0.4, 0.5) is 5.69 Å². The largest absolute Gasteiger partial charge is 0.376 e. The number of aliphatic hydroxyl groups is 1. The third kappa shape index (κ3) is 5.11. The van der Waals surface area contributed by atoms with Crippen molar-refractivity contribution in [2.45, 2.75) is 12.3 Å². The molecule has 1 saturated heterocycles. The van der Waals surface area contributed by atoms with Gasteiger partial charge in [-0.05, 0) is 46.2 Å². The van der Waals surface area contributed by atoms with Crippen LogP contribution in [-0.2, 0) is 4.74 Å². The van der Waals surface area contributed by atoms with Crippen molar-refractivity contribution in [3.8, 4) is 0 Å². The molecule has 0 spiro atoms. The van der Waals surface area contributed by atoms with Crippen molar-refractivity contribution in [3.63, 3.8) is 0 Å². The maximum Gasteiger partial charge on any atom is 0.131 e. The summed E-state index contributed by atoms with van der Waals surface area (Å²) in [4.78, 5) is 4.42. The van der Waals surface area contributed by atoms with Gasteiger partial charge < -0.3 is 14.7 Å². The van der Waals surface area contributed by atoms with Crippen LogP contribution in [0.3, 0.4) is 0 Å². The van der Waals surface area contributed by atoms with E-state index in [2.05, 4.69) is 64.4 Å². The molecule has 0 aromatic heterocycles. The van der Waals surface area contributed by atoms with Crippen LogP contribution in [-0.4, -0.2) is 49.0 Å². The molecule has 1 aliphatic heterocycles. The monoisotopic (exact) mass is 472 g/mol. The molecule has 1 aliphatic rings. The first-order valence-corrected chi connectivity index (χ1v) is 12.1. The van der Waals surface area contributed by atoms with Crippen LogP contribution >= 0.6 is 11.6 Å². The smallest absolute Gasteiger partial charge is 0.131 e. The number of hydrogen-bond acceptors (Lipinski definition) is 4. The Kier molecular flexibility index (Phi) is 7.12. The highest BCUT2D eigenvalue weighted by atomic mass is 35.5. The summed E-state index contributed by atoms with van der Waals surface area (Å²) >= 11 is 6.02. The summed E-state index contributed by atoms with van der Waals surface area (Å²) in [6, 6.07) is 32.9. The summed E-state index contributed by atoms with van der Waals surface area (Å²) in [5.74, 6) is 0. The summed E-state index contributed by atoms with van der Waals surface area (Å²) in [6.07, 6.45) is -0.911. The number of anilines is 1. The number of aliphatic hydroxyl groups excluding tert-OH is 1. The second kappa shape index (κ2) is 10.6. The van der Waals surface area contributed by atoms with Crippen LogP contribution in [0.15, 0.2) is 97.1 Å². The van der Waals surface area contributed by atoms with Gasteiger partial charge in [-0.1, -0.05) is 84.4 Å². The zero-order valence-corrected chi connectivity index (χ0v) is 19.8. The molecule has 0 amide bonds. The van der Waals surface area contributed by atoms with Crippen LogP contribution < -0.4 is 4.90 Å². The normalized spacial score (nSPS) is 16.5. The predicted octanol–water partition coefficient (Wildman–Crippen LogP) is 5.74. The Balaban J connectivity index is 1.28. The summed E-state index contributed by atoms with van der Waals surface area (Å²) in [5.41, 5.74) is 3.36. The lowest BCUT2D eigenvalue weighted by atomic mass is 9.96. The second-order valence-electron chi connectivity index (χ2n) is 8.67. The lowest BCUT2D eigenvalue weighted by molar-refractivity contribution is -0.0743. The number of piperazine rings is 1. The number of rotatable bonds is 7. The second-order valence-corrected chi connectivity index (χ2v) is 9.11. The molecule has 4 aromatic carbocycles. The maximum absolute atomic E-state index is 11.0. The average Bonchev–Trinajstić information content (AvgIpc) is 2.90. The Morgan fingerprint density at radius 1 is 0.765 bits per heavy atom. The summed E-state index contributed by atoms with van der Waals surface area (Å²) < 4.78 is 6.44. The van der Waals surface area contributed by atoms with Crippen molar-refractivity contribution >= 4 is 28.1 Å². The Bertz CT molecular complexity index is 1200. The van der Waals surface area contributed by atoms with Gasteiger partial charge in [0.15, 0.2) is 0 Å².